The lowest BCUT2D eigenvalue weighted by molar-refractivity contribution is 0.523. The Balaban J connectivity index is 1.46. The van der Waals surface area contributed by atoms with Crippen LogP contribution in [0, 0.1) is 5.92 Å². The monoisotopic (exact) mass is 332 g/mol. The van der Waals surface area contributed by atoms with Gasteiger partial charge in [0.15, 0.2) is 0 Å². The summed E-state index contributed by atoms with van der Waals surface area (Å²) in [6.45, 7) is 3.12. The van der Waals surface area contributed by atoms with E-state index in [1.807, 2.05) is 11.3 Å². The Bertz CT molecular complexity index is 545. The Kier molecular flexibility index (Phi) is 5.82. The van der Waals surface area contributed by atoms with E-state index in [0.29, 0.717) is 0 Å². The summed E-state index contributed by atoms with van der Waals surface area (Å²) in [6.07, 6.45) is 1.38. The molecule has 0 amide bonds. The third-order valence-electron chi connectivity index (χ3n) is 4.14. The molecule has 1 atom stereocenters. The molecule has 3 rings (SSSR count). The van der Waals surface area contributed by atoms with Gasteiger partial charge in [-0.3, -0.25) is 0 Å². The van der Waals surface area contributed by atoms with Crippen molar-refractivity contribution in [1.29, 1.82) is 0 Å². The molecule has 118 valence electrons. The van der Waals surface area contributed by atoms with E-state index in [1.165, 1.54) is 34.1 Å². The van der Waals surface area contributed by atoms with Gasteiger partial charge in [-0.2, -0.15) is 11.8 Å². The molecule has 1 aliphatic rings. The van der Waals surface area contributed by atoms with Crippen molar-refractivity contribution in [3.8, 4) is 0 Å². The van der Waals surface area contributed by atoms with E-state index in [9.17, 15) is 0 Å². The third kappa shape index (κ3) is 4.51. The van der Waals surface area contributed by atoms with Crippen LogP contribution in [0.15, 0.2) is 41.8 Å². The Morgan fingerprint density at radius 3 is 2.77 bits per heavy atom. The van der Waals surface area contributed by atoms with Crippen molar-refractivity contribution in [3.05, 3.63) is 52.2 Å². The largest absolute Gasteiger partial charge is 0.369 e. The van der Waals surface area contributed by atoms with Gasteiger partial charge in [-0.1, -0.05) is 18.2 Å². The van der Waals surface area contributed by atoms with Gasteiger partial charge in [0.2, 0.25) is 0 Å². The number of thiophene rings is 1. The number of anilines is 1. The Morgan fingerprint density at radius 1 is 1.23 bits per heavy atom. The van der Waals surface area contributed by atoms with Crippen LogP contribution in [0.1, 0.15) is 16.9 Å². The molecule has 1 saturated heterocycles. The fourth-order valence-electron chi connectivity index (χ4n) is 2.76. The van der Waals surface area contributed by atoms with Crippen molar-refractivity contribution in [2.45, 2.75) is 19.5 Å². The molecule has 0 bridgehead atoms. The van der Waals surface area contributed by atoms with Gasteiger partial charge in [0.25, 0.3) is 0 Å². The molecule has 0 spiro atoms. The molecule has 0 aliphatic carbocycles. The Labute approximate surface area is 141 Å². The minimum absolute atomic E-state index is 0.876. The standard InChI is InChI=1S/C18H24N2S2/c1-20(13-18-3-2-9-22-18)17-6-4-15(5-7-17)11-19-12-16-8-10-21-14-16/h2-7,9,16,19H,8,10-14H2,1H3. The lowest BCUT2D eigenvalue weighted by Gasteiger charge is -2.19. The summed E-state index contributed by atoms with van der Waals surface area (Å²) >= 11 is 3.91. The molecule has 1 unspecified atom stereocenters. The highest BCUT2D eigenvalue weighted by molar-refractivity contribution is 7.99. The van der Waals surface area contributed by atoms with Crippen molar-refractivity contribution in [2.75, 3.05) is 30.0 Å². The van der Waals surface area contributed by atoms with Crippen LogP contribution in [0.2, 0.25) is 0 Å². The van der Waals surface area contributed by atoms with Crippen molar-refractivity contribution in [1.82, 2.24) is 5.32 Å². The zero-order valence-corrected chi connectivity index (χ0v) is 14.8. The molecule has 2 aromatic rings. The smallest absolute Gasteiger partial charge is 0.0519 e. The van der Waals surface area contributed by atoms with E-state index in [1.54, 1.807) is 0 Å². The van der Waals surface area contributed by atoms with Gasteiger partial charge in [0, 0.05) is 24.2 Å². The minimum Gasteiger partial charge on any atom is -0.369 e. The Hall–Kier alpha value is -0.970. The van der Waals surface area contributed by atoms with Gasteiger partial charge >= 0.3 is 0 Å². The molecular formula is C18H24N2S2. The molecule has 0 radical (unpaired) electrons. The van der Waals surface area contributed by atoms with Crippen molar-refractivity contribution in [3.63, 3.8) is 0 Å². The molecule has 1 N–H and O–H groups in total. The van der Waals surface area contributed by atoms with Crippen LogP contribution in [0.25, 0.3) is 0 Å². The van der Waals surface area contributed by atoms with E-state index in [0.717, 1.165) is 25.6 Å². The van der Waals surface area contributed by atoms with Crippen LogP contribution in [0.3, 0.4) is 0 Å². The number of hydrogen-bond acceptors (Lipinski definition) is 4. The van der Waals surface area contributed by atoms with Crippen molar-refractivity contribution in [2.24, 2.45) is 5.92 Å². The molecule has 1 fully saturated rings. The van der Waals surface area contributed by atoms with E-state index < -0.39 is 0 Å². The maximum absolute atomic E-state index is 3.60. The predicted molar refractivity (Wildman–Crippen MR) is 100 cm³/mol. The van der Waals surface area contributed by atoms with Gasteiger partial charge in [-0.05, 0) is 59.5 Å². The molecular weight excluding hydrogens is 308 g/mol. The highest BCUT2D eigenvalue weighted by Crippen LogP contribution is 2.23. The Morgan fingerprint density at radius 2 is 2.09 bits per heavy atom. The topological polar surface area (TPSA) is 15.3 Å². The summed E-state index contributed by atoms with van der Waals surface area (Å²) < 4.78 is 0. The van der Waals surface area contributed by atoms with Crippen LogP contribution in [0.5, 0.6) is 0 Å². The number of nitrogens with one attached hydrogen (secondary N) is 1. The van der Waals surface area contributed by atoms with Crippen LogP contribution < -0.4 is 10.2 Å². The summed E-state index contributed by atoms with van der Waals surface area (Å²) in [7, 11) is 2.16. The van der Waals surface area contributed by atoms with Crippen LogP contribution in [0.4, 0.5) is 5.69 Å². The van der Waals surface area contributed by atoms with Gasteiger partial charge in [0.05, 0.1) is 6.54 Å². The SMILES string of the molecule is CN(Cc1cccs1)c1ccc(CNCC2CCSC2)cc1. The molecule has 4 heteroatoms. The second kappa shape index (κ2) is 8.04. The molecule has 2 nitrogen and oxygen atoms in total. The average molecular weight is 333 g/mol. The first kappa shape index (κ1) is 15.9. The van der Waals surface area contributed by atoms with E-state index in [4.69, 9.17) is 0 Å². The highest BCUT2D eigenvalue weighted by Gasteiger charge is 2.14. The lowest BCUT2D eigenvalue weighted by Crippen LogP contribution is -2.22. The van der Waals surface area contributed by atoms with Crippen LogP contribution >= 0.6 is 23.1 Å². The van der Waals surface area contributed by atoms with Gasteiger partial charge in [0.1, 0.15) is 0 Å². The summed E-state index contributed by atoms with van der Waals surface area (Å²) in [6, 6.07) is 13.3. The molecule has 1 aromatic carbocycles. The quantitative estimate of drug-likeness (QED) is 0.817. The molecule has 2 heterocycles. The molecule has 1 aromatic heterocycles. The predicted octanol–water partition coefficient (Wildman–Crippen LogP) is 4.23. The first-order valence-electron chi connectivity index (χ1n) is 7.92. The van der Waals surface area contributed by atoms with E-state index in [2.05, 4.69) is 70.8 Å². The number of rotatable bonds is 7. The lowest BCUT2D eigenvalue weighted by atomic mass is 10.1. The second-order valence-electron chi connectivity index (χ2n) is 5.96. The first-order chi connectivity index (χ1) is 10.8. The molecule has 1 aliphatic heterocycles. The first-order valence-corrected chi connectivity index (χ1v) is 9.95. The van der Waals surface area contributed by atoms with E-state index in [-0.39, 0.29) is 0 Å². The van der Waals surface area contributed by atoms with Crippen LogP contribution in [-0.4, -0.2) is 25.1 Å². The molecule has 0 saturated carbocycles. The number of nitrogens with zero attached hydrogens (tertiary/aromatic N) is 1. The minimum atomic E-state index is 0.876. The summed E-state index contributed by atoms with van der Waals surface area (Å²) in [5.74, 6) is 3.55. The van der Waals surface area contributed by atoms with Crippen molar-refractivity contribution < 1.29 is 0 Å². The number of hydrogen-bond donors (Lipinski definition) is 1. The molecule has 22 heavy (non-hydrogen) atoms. The normalized spacial score (nSPS) is 17.8. The fraction of sp³-hybridized carbons (Fsp3) is 0.444. The highest BCUT2D eigenvalue weighted by atomic mass is 32.2. The maximum atomic E-state index is 3.60. The maximum Gasteiger partial charge on any atom is 0.0519 e. The van der Waals surface area contributed by atoms with E-state index >= 15 is 0 Å². The van der Waals surface area contributed by atoms with Gasteiger partial charge in [-0.15, -0.1) is 11.3 Å². The zero-order chi connectivity index (χ0) is 15.2. The fourth-order valence-corrected chi connectivity index (χ4v) is 4.80. The van der Waals surface area contributed by atoms with Gasteiger partial charge in [-0.25, -0.2) is 0 Å². The summed E-state index contributed by atoms with van der Waals surface area (Å²) in [4.78, 5) is 3.71. The average Bonchev–Trinajstić information content (AvgIpc) is 3.21. The number of thioether (sulfide) groups is 1. The third-order valence-corrected chi connectivity index (χ3v) is 6.23. The summed E-state index contributed by atoms with van der Waals surface area (Å²) in [5, 5.41) is 5.74. The van der Waals surface area contributed by atoms with Crippen LogP contribution in [-0.2, 0) is 13.1 Å². The zero-order valence-electron chi connectivity index (χ0n) is 13.1. The summed E-state index contributed by atoms with van der Waals surface area (Å²) in [5.41, 5.74) is 2.66. The van der Waals surface area contributed by atoms with Crippen molar-refractivity contribution >= 4 is 28.8 Å². The second-order valence-corrected chi connectivity index (χ2v) is 8.14. The number of benzene rings is 1. The van der Waals surface area contributed by atoms with Gasteiger partial charge < -0.3 is 10.2 Å².